The molecule has 0 spiro atoms. The predicted molar refractivity (Wildman–Crippen MR) is 139 cm³/mol. The van der Waals surface area contributed by atoms with Crippen LogP contribution in [-0.2, 0) is 22.6 Å². The van der Waals surface area contributed by atoms with Crippen LogP contribution in [0.5, 0.6) is 11.5 Å². The summed E-state index contributed by atoms with van der Waals surface area (Å²) in [4.78, 5) is 24.0. The Hall–Kier alpha value is -3.85. The summed E-state index contributed by atoms with van der Waals surface area (Å²) in [6.45, 7) is 6.39. The molecule has 1 heterocycles. The molecule has 2 aromatic carbocycles. The summed E-state index contributed by atoms with van der Waals surface area (Å²) in [5.41, 5.74) is 2.97. The van der Waals surface area contributed by atoms with Gasteiger partial charge in [-0.3, -0.25) is 0 Å². The van der Waals surface area contributed by atoms with E-state index < -0.39 is 5.97 Å². The summed E-state index contributed by atoms with van der Waals surface area (Å²) in [6, 6.07) is 15.7. The quantitative estimate of drug-likeness (QED) is 0.276. The van der Waals surface area contributed by atoms with Crippen molar-refractivity contribution in [3.05, 3.63) is 70.9 Å². The van der Waals surface area contributed by atoms with Crippen LogP contribution in [0.4, 0.5) is 11.8 Å². The molecule has 1 N–H and O–H groups in total. The number of rotatable bonds is 13. The SMILES string of the molecule is CCOCCNc1nc(N(Cc2ccc(OC)cc2)Cc2ccc(OC)cc2)nc(C)c1C(=O)OC. The molecule has 0 aliphatic heterocycles. The van der Waals surface area contributed by atoms with Crippen molar-refractivity contribution in [1.29, 1.82) is 0 Å². The molecule has 0 aliphatic rings. The van der Waals surface area contributed by atoms with Crippen molar-refractivity contribution in [2.24, 2.45) is 0 Å². The van der Waals surface area contributed by atoms with E-state index in [0.29, 0.717) is 55.9 Å². The first-order chi connectivity index (χ1) is 17.5. The van der Waals surface area contributed by atoms with Gasteiger partial charge >= 0.3 is 5.97 Å². The highest BCUT2D eigenvalue weighted by Crippen LogP contribution is 2.25. The van der Waals surface area contributed by atoms with Crippen LogP contribution >= 0.6 is 0 Å². The van der Waals surface area contributed by atoms with Gasteiger partial charge in [-0.2, -0.15) is 4.98 Å². The third kappa shape index (κ3) is 7.08. The fourth-order valence-electron chi connectivity index (χ4n) is 3.66. The monoisotopic (exact) mass is 494 g/mol. The number of hydrogen-bond donors (Lipinski definition) is 1. The van der Waals surface area contributed by atoms with Crippen LogP contribution in [0.2, 0.25) is 0 Å². The molecule has 9 heteroatoms. The number of carbonyl (C=O) groups is 1. The van der Waals surface area contributed by atoms with Crippen LogP contribution in [0, 0.1) is 6.92 Å². The van der Waals surface area contributed by atoms with E-state index in [9.17, 15) is 4.79 Å². The van der Waals surface area contributed by atoms with Crippen molar-refractivity contribution in [2.75, 3.05) is 51.3 Å². The number of methoxy groups -OCH3 is 3. The van der Waals surface area contributed by atoms with Gasteiger partial charge in [0.25, 0.3) is 0 Å². The van der Waals surface area contributed by atoms with Crippen molar-refractivity contribution < 1.29 is 23.7 Å². The number of ether oxygens (including phenoxy) is 4. The summed E-state index contributed by atoms with van der Waals surface area (Å²) in [5.74, 6) is 1.99. The molecule has 0 fully saturated rings. The number of carbonyl (C=O) groups excluding carboxylic acids is 1. The number of aromatic nitrogens is 2. The lowest BCUT2D eigenvalue weighted by Crippen LogP contribution is -2.26. The van der Waals surface area contributed by atoms with Crippen LogP contribution < -0.4 is 19.7 Å². The van der Waals surface area contributed by atoms with Gasteiger partial charge in [0.2, 0.25) is 5.95 Å². The largest absolute Gasteiger partial charge is 0.497 e. The summed E-state index contributed by atoms with van der Waals surface area (Å²) < 4.78 is 21.0. The third-order valence-corrected chi connectivity index (χ3v) is 5.56. The Morgan fingerprint density at radius 2 is 1.44 bits per heavy atom. The molecule has 1 aromatic heterocycles. The lowest BCUT2D eigenvalue weighted by atomic mass is 10.1. The molecule has 0 saturated carbocycles. The lowest BCUT2D eigenvalue weighted by Gasteiger charge is -2.25. The minimum atomic E-state index is -0.491. The smallest absolute Gasteiger partial charge is 0.343 e. The highest BCUT2D eigenvalue weighted by atomic mass is 16.5. The molecule has 0 unspecified atom stereocenters. The van der Waals surface area contributed by atoms with Gasteiger partial charge in [0, 0.05) is 26.2 Å². The fraction of sp³-hybridized carbons (Fsp3) is 0.370. The van der Waals surface area contributed by atoms with Gasteiger partial charge in [0.15, 0.2) is 0 Å². The van der Waals surface area contributed by atoms with E-state index in [-0.39, 0.29) is 0 Å². The normalized spacial score (nSPS) is 10.6. The van der Waals surface area contributed by atoms with Gasteiger partial charge in [-0.05, 0) is 49.2 Å². The van der Waals surface area contributed by atoms with Gasteiger partial charge in [-0.1, -0.05) is 24.3 Å². The Balaban J connectivity index is 1.99. The highest BCUT2D eigenvalue weighted by molar-refractivity contribution is 5.96. The van der Waals surface area contributed by atoms with E-state index in [4.69, 9.17) is 28.9 Å². The van der Waals surface area contributed by atoms with Gasteiger partial charge in [0.05, 0.1) is 33.6 Å². The summed E-state index contributed by atoms with van der Waals surface area (Å²) in [7, 11) is 4.63. The molecule has 0 atom stereocenters. The van der Waals surface area contributed by atoms with Crippen LogP contribution in [0.1, 0.15) is 34.1 Å². The van der Waals surface area contributed by atoms with Crippen LogP contribution in [0.25, 0.3) is 0 Å². The first-order valence-corrected chi connectivity index (χ1v) is 11.8. The van der Waals surface area contributed by atoms with Crippen LogP contribution in [0.15, 0.2) is 48.5 Å². The molecule has 3 aromatic rings. The Labute approximate surface area is 212 Å². The number of aryl methyl sites for hydroxylation is 1. The van der Waals surface area contributed by atoms with E-state index in [2.05, 4.69) is 10.2 Å². The van der Waals surface area contributed by atoms with Crippen molar-refractivity contribution in [3.63, 3.8) is 0 Å². The number of anilines is 2. The van der Waals surface area contributed by atoms with E-state index in [0.717, 1.165) is 22.6 Å². The average Bonchev–Trinajstić information content (AvgIpc) is 2.91. The summed E-state index contributed by atoms with van der Waals surface area (Å²) in [5, 5.41) is 3.22. The molecule has 3 rings (SSSR count). The zero-order valence-electron chi connectivity index (χ0n) is 21.5. The molecule has 0 saturated heterocycles. The van der Waals surface area contributed by atoms with Gasteiger partial charge in [-0.25, -0.2) is 9.78 Å². The van der Waals surface area contributed by atoms with Crippen molar-refractivity contribution in [3.8, 4) is 11.5 Å². The number of nitrogens with one attached hydrogen (secondary N) is 1. The Morgan fingerprint density at radius 3 is 1.92 bits per heavy atom. The minimum Gasteiger partial charge on any atom is -0.497 e. The predicted octanol–water partition coefficient (Wildman–Crippen LogP) is 4.24. The maximum Gasteiger partial charge on any atom is 0.343 e. The maximum absolute atomic E-state index is 12.5. The standard InChI is InChI=1S/C27H34N4O5/c1-6-36-16-15-28-25-24(26(32)35-5)19(2)29-27(30-25)31(17-20-7-11-22(33-3)12-8-20)18-21-9-13-23(34-4)14-10-21/h7-14H,6,15-18H2,1-5H3,(H,28,29,30). The van der Waals surface area contributed by atoms with E-state index in [1.807, 2.05) is 55.5 Å². The van der Waals surface area contributed by atoms with E-state index in [1.165, 1.54) is 7.11 Å². The molecule has 0 aliphatic carbocycles. The molecular weight excluding hydrogens is 460 g/mol. The van der Waals surface area contributed by atoms with Gasteiger partial charge in [-0.15, -0.1) is 0 Å². The molecule has 0 amide bonds. The second kappa shape index (κ2) is 13.3. The lowest BCUT2D eigenvalue weighted by molar-refractivity contribution is 0.0600. The van der Waals surface area contributed by atoms with Gasteiger partial charge < -0.3 is 29.2 Å². The molecule has 0 bridgehead atoms. The minimum absolute atomic E-state index is 0.312. The fourth-order valence-corrected chi connectivity index (χ4v) is 3.66. The first-order valence-electron chi connectivity index (χ1n) is 11.8. The van der Waals surface area contributed by atoms with E-state index in [1.54, 1.807) is 21.1 Å². The van der Waals surface area contributed by atoms with Gasteiger partial charge in [0.1, 0.15) is 22.9 Å². The Kier molecular flexibility index (Phi) is 9.88. The zero-order valence-corrected chi connectivity index (χ0v) is 21.5. The van der Waals surface area contributed by atoms with E-state index >= 15 is 0 Å². The number of esters is 1. The van der Waals surface area contributed by atoms with Crippen molar-refractivity contribution in [1.82, 2.24) is 9.97 Å². The average molecular weight is 495 g/mol. The third-order valence-electron chi connectivity index (χ3n) is 5.56. The second-order valence-corrected chi connectivity index (χ2v) is 8.00. The zero-order chi connectivity index (χ0) is 25.9. The summed E-state index contributed by atoms with van der Waals surface area (Å²) >= 11 is 0. The van der Waals surface area contributed by atoms with Crippen LogP contribution in [-0.4, -0.2) is 57.0 Å². The first kappa shape index (κ1) is 26.7. The van der Waals surface area contributed by atoms with Crippen LogP contribution in [0.3, 0.4) is 0 Å². The number of hydrogen-bond acceptors (Lipinski definition) is 9. The molecule has 192 valence electrons. The second-order valence-electron chi connectivity index (χ2n) is 8.00. The highest BCUT2D eigenvalue weighted by Gasteiger charge is 2.22. The molecule has 36 heavy (non-hydrogen) atoms. The maximum atomic E-state index is 12.5. The van der Waals surface area contributed by atoms with Crippen molar-refractivity contribution in [2.45, 2.75) is 26.9 Å². The number of benzene rings is 2. The number of nitrogens with zero attached hydrogens (tertiary/aromatic N) is 3. The molecular formula is C27H34N4O5. The Bertz CT molecular complexity index is 1070. The molecule has 0 radical (unpaired) electrons. The van der Waals surface area contributed by atoms with Crippen molar-refractivity contribution >= 4 is 17.7 Å². The summed E-state index contributed by atoms with van der Waals surface area (Å²) in [6.07, 6.45) is 0. The molecule has 9 nitrogen and oxygen atoms in total. The Morgan fingerprint density at radius 1 is 0.889 bits per heavy atom. The topological polar surface area (TPSA) is 95.0 Å².